The van der Waals surface area contributed by atoms with Crippen LogP contribution >= 0.6 is 12.2 Å². The van der Waals surface area contributed by atoms with Gasteiger partial charge in [-0.3, -0.25) is 0 Å². The Morgan fingerprint density at radius 1 is 1.47 bits per heavy atom. The number of ether oxygens (including phenoxy) is 1. The monoisotopic (exact) mass is 252 g/mol. The Morgan fingerprint density at radius 2 is 2.18 bits per heavy atom. The van der Waals surface area contributed by atoms with Crippen molar-refractivity contribution >= 4 is 22.9 Å². The van der Waals surface area contributed by atoms with Gasteiger partial charge < -0.3 is 15.8 Å². The van der Waals surface area contributed by atoms with E-state index in [4.69, 9.17) is 22.7 Å². The first-order chi connectivity index (χ1) is 8.02. The van der Waals surface area contributed by atoms with Crippen molar-refractivity contribution in [3.8, 4) is 0 Å². The fraction of sp³-hybridized carbons (Fsp3) is 0.462. The second-order valence-electron chi connectivity index (χ2n) is 4.21. The van der Waals surface area contributed by atoms with Gasteiger partial charge in [0.2, 0.25) is 0 Å². The van der Waals surface area contributed by atoms with E-state index in [1.54, 1.807) is 0 Å². The average Bonchev–Trinajstić information content (AvgIpc) is 2.25. The van der Waals surface area contributed by atoms with Crippen LogP contribution < -0.4 is 11.1 Å². The van der Waals surface area contributed by atoms with Gasteiger partial charge in [0, 0.05) is 17.8 Å². The quantitative estimate of drug-likeness (QED) is 0.603. The van der Waals surface area contributed by atoms with Gasteiger partial charge in [-0.1, -0.05) is 24.4 Å². The lowest BCUT2D eigenvalue weighted by Gasteiger charge is -2.15. The summed E-state index contributed by atoms with van der Waals surface area (Å²) in [5.74, 6) is 0. The first kappa shape index (κ1) is 13.9. The molecule has 0 radical (unpaired) electrons. The van der Waals surface area contributed by atoms with Crippen LogP contribution in [0.4, 0.5) is 5.69 Å². The van der Waals surface area contributed by atoms with Crippen LogP contribution in [0.15, 0.2) is 18.2 Å². The lowest BCUT2D eigenvalue weighted by molar-refractivity contribution is 0.0870. The minimum absolute atomic E-state index is 0.253. The predicted octanol–water partition coefficient (Wildman–Crippen LogP) is 2.47. The summed E-state index contributed by atoms with van der Waals surface area (Å²) in [6.07, 6.45) is 0.253. The highest BCUT2D eigenvalue weighted by atomic mass is 32.1. The molecular formula is C13H20N2OS. The molecule has 4 heteroatoms. The highest BCUT2D eigenvalue weighted by molar-refractivity contribution is 7.80. The van der Waals surface area contributed by atoms with Crippen molar-refractivity contribution < 1.29 is 4.74 Å². The molecule has 0 aliphatic rings. The SMILES string of the molecule is Cc1cccc(C(N)=S)c1NCCOC(C)C. The molecule has 17 heavy (non-hydrogen) atoms. The topological polar surface area (TPSA) is 47.3 Å². The lowest BCUT2D eigenvalue weighted by atomic mass is 10.1. The van der Waals surface area contributed by atoms with E-state index in [1.807, 2.05) is 39.0 Å². The zero-order valence-electron chi connectivity index (χ0n) is 10.6. The summed E-state index contributed by atoms with van der Waals surface area (Å²) in [6, 6.07) is 5.92. The third-order valence-electron chi connectivity index (χ3n) is 2.39. The standard InChI is InChI=1S/C13H20N2OS/c1-9(2)16-8-7-15-12-10(3)5-4-6-11(12)13(14)17/h4-6,9,15H,7-8H2,1-3H3,(H2,14,17). The third-order valence-corrected chi connectivity index (χ3v) is 2.61. The molecule has 0 unspecified atom stereocenters. The van der Waals surface area contributed by atoms with E-state index in [1.165, 1.54) is 0 Å². The van der Waals surface area contributed by atoms with E-state index in [2.05, 4.69) is 5.32 Å². The first-order valence-electron chi connectivity index (χ1n) is 5.77. The van der Waals surface area contributed by atoms with Gasteiger partial charge in [0.25, 0.3) is 0 Å². The number of benzene rings is 1. The van der Waals surface area contributed by atoms with Crippen molar-refractivity contribution in [3.05, 3.63) is 29.3 Å². The van der Waals surface area contributed by atoms with E-state index >= 15 is 0 Å². The maximum Gasteiger partial charge on any atom is 0.106 e. The van der Waals surface area contributed by atoms with Crippen molar-refractivity contribution in [2.24, 2.45) is 5.73 Å². The Kier molecular flexibility index (Phi) is 5.38. The van der Waals surface area contributed by atoms with Gasteiger partial charge >= 0.3 is 0 Å². The third kappa shape index (κ3) is 4.32. The number of nitrogens with one attached hydrogen (secondary N) is 1. The maximum absolute atomic E-state index is 5.70. The number of anilines is 1. The second-order valence-corrected chi connectivity index (χ2v) is 4.65. The van der Waals surface area contributed by atoms with Gasteiger partial charge in [-0.2, -0.15) is 0 Å². The average molecular weight is 252 g/mol. The highest BCUT2D eigenvalue weighted by Crippen LogP contribution is 2.20. The van der Waals surface area contributed by atoms with E-state index in [-0.39, 0.29) is 6.10 Å². The van der Waals surface area contributed by atoms with Crippen molar-refractivity contribution in [2.45, 2.75) is 26.9 Å². The summed E-state index contributed by atoms with van der Waals surface area (Å²) in [5.41, 5.74) is 8.73. The highest BCUT2D eigenvalue weighted by Gasteiger charge is 2.07. The molecule has 0 aliphatic heterocycles. The smallest absolute Gasteiger partial charge is 0.106 e. The van der Waals surface area contributed by atoms with Crippen LogP contribution in [-0.2, 0) is 4.74 Å². The van der Waals surface area contributed by atoms with Gasteiger partial charge in [-0.05, 0) is 32.4 Å². The normalized spacial score (nSPS) is 10.6. The molecule has 94 valence electrons. The Morgan fingerprint density at radius 3 is 2.76 bits per heavy atom. The van der Waals surface area contributed by atoms with Crippen molar-refractivity contribution in [1.29, 1.82) is 0 Å². The summed E-state index contributed by atoms with van der Waals surface area (Å²) >= 11 is 5.04. The number of hydrogen-bond acceptors (Lipinski definition) is 3. The zero-order chi connectivity index (χ0) is 12.8. The van der Waals surface area contributed by atoms with Gasteiger partial charge in [-0.25, -0.2) is 0 Å². The molecule has 0 atom stereocenters. The molecule has 0 heterocycles. The molecule has 1 aromatic carbocycles. The number of thiocarbonyl (C=S) groups is 1. The van der Waals surface area contributed by atoms with E-state index < -0.39 is 0 Å². The minimum Gasteiger partial charge on any atom is -0.389 e. The Bertz CT molecular complexity index is 391. The number of rotatable bonds is 6. The summed E-state index contributed by atoms with van der Waals surface area (Å²) in [6.45, 7) is 7.50. The van der Waals surface area contributed by atoms with Crippen LogP contribution in [0.3, 0.4) is 0 Å². The van der Waals surface area contributed by atoms with Crippen LogP contribution in [0, 0.1) is 6.92 Å². The molecule has 3 nitrogen and oxygen atoms in total. The van der Waals surface area contributed by atoms with Gasteiger partial charge in [-0.15, -0.1) is 0 Å². The van der Waals surface area contributed by atoms with Crippen LogP contribution in [0.5, 0.6) is 0 Å². The Labute approximate surface area is 108 Å². The molecule has 0 saturated heterocycles. The molecule has 0 bridgehead atoms. The van der Waals surface area contributed by atoms with E-state index in [9.17, 15) is 0 Å². The maximum atomic E-state index is 5.70. The number of para-hydroxylation sites is 1. The predicted molar refractivity (Wildman–Crippen MR) is 76.6 cm³/mol. The summed E-state index contributed by atoms with van der Waals surface area (Å²) in [4.78, 5) is 0.418. The molecule has 1 aromatic rings. The molecule has 0 aliphatic carbocycles. The fourth-order valence-electron chi connectivity index (χ4n) is 1.58. The zero-order valence-corrected chi connectivity index (χ0v) is 11.4. The summed E-state index contributed by atoms with van der Waals surface area (Å²) < 4.78 is 5.48. The van der Waals surface area contributed by atoms with Gasteiger partial charge in [0.05, 0.1) is 12.7 Å². The molecule has 0 fully saturated rings. The lowest BCUT2D eigenvalue weighted by Crippen LogP contribution is -2.18. The van der Waals surface area contributed by atoms with Gasteiger partial charge in [0.15, 0.2) is 0 Å². The molecule has 0 aromatic heterocycles. The van der Waals surface area contributed by atoms with Crippen molar-refractivity contribution in [1.82, 2.24) is 0 Å². The molecule has 0 saturated carbocycles. The van der Waals surface area contributed by atoms with Crippen molar-refractivity contribution in [3.63, 3.8) is 0 Å². The Hall–Kier alpha value is -1.13. The molecule has 1 rings (SSSR count). The van der Waals surface area contributed by atoms with Crippen LogP contribution in [0.25, 0.3) is 0 Å². The minimum atomic E-state index is 0.253. The summed E-state index contributed by atoms with van der Waals surface area (Å²) in [7, 11) is 0. The molecule has 0 spiro atoms. The summed E-state index contributed by atoms with van der Waals surface area (Å²) in [5, 5.41) is 3.33. The van der Waals surface area contributed by atoms with E-state index in [0.717, 1.165) is 23.4 Å². The molecule has 3 N–H and O–H groups in total. The molecule has 0 amide bonds. The fourth-order valence-corrected chi connectivity index (χ4v) is 1.75. The van der Waals surface area contributed by atoms with Crippen LogP contribution in [0.2, 0.25) is 0 Å². The Balaban J connectivity index is 2.66. The van der Waals surface area contributed by atoms with Crippen LogP contribution in [0.1, 0.15) is 25.0 Å². The van der Waals surface area contributed by atoms with Crippen molar-refractivity contribution in [2.75, 3.05) is 18.5 Å². The largest absolute Gasteiger partial charge is 0.389 e. The van der Waals surface area contributed by atoms with Crippen LogP contribution in [-0.4, -0.2) is 24.2 Å². The first-order valence-corrected chi connectivity index (χ1v) is 6.18. The number of nitrogens with two attached hydrogens (primary N) is 1. The van der Waals surface area contributed by atoms with E-state index in [0.29, 0.717) is 11.6 Å². The number of hydrogen-bond donors (Lipinski definition) is 2. The molecular weight excluding hydrogens is 232 g/mol. The number of aryl methyl sites for hydroxylation is 1. The van der Waals surface area contributed by atoms with Gasteiger partial charge in [0.1, 0.15) is 4.99 Å². The second kappa shape index (κ2) is 6.57.